The van der Waals surface area contributed by atoms with Gasteiger partial charge in [-0.05, 0) is 20.3 Å². The second-order valence-electron chi connectivity index (χ2n) is 4.23. The van der Waals surface area contributed by atoms with Gasteiger partial charge in [-0.25, -0.2) is 4.98 Å². The Bertz CT molecular complexity index is 360. The van der Waals surface area contributed by atoms with Gasteiger partial charge in [-0.1, -0.05) is 13.3 Å². The van der Waals surface area contributed by atoms with E-state index in [1.165, 1.54) is 0 Å². The highest BCUT2D eigenvalue weighted by Gasteiger charge is 2.26. The highest BCUT2D eigenvalue weighted by atomic mass is 32.1. The Balaban J connectivity index is 2.46. The predicted octanol–water partition coefficient (Wildman–Crippen LogP) is 1.59. The summed E-state index contributed by atoms with van der Waals surface area (Å²) in [5, 5.41) is 5.70. The monoisotopic (exact) mass is 241 g/mol. The summed E-state index contributed by atoms with van der Waals surface area (Å²) in [6.45, 7) is 6.18. The second kappa shape index (κ2) is 5.41. The normalized spacial score (nSPS) is 14.5. The number of hydrogen-bond acceptors (Lipinski definition) is 4. The van der Waals surface area contributed by atoms with Crippen molar-refractivity contribution in [3.05, 3.63) is 16.1 Å². The Hall–Kier alpha value is -0.940. The third-order valence-electron chi connectivity index (χ3n) is 2.35. The molecule has 0 saturated heterocycles. The molecule has 90 valence electrons. The van der Waals surface area contributed by atoms with E-state index in [0.29, 0.717) is 13.0 Å². The molecule has 1 unspecified atom stereocenters. The number of carbonyl (C=O) groups is 1. The quantitative estimate of drug-likeness (QED) is 0.822. The minimum absolute atomic E-state index is 0.109. The lowest BCUT2D eigenvalue weighted by Crippen LogP contribution is -2.51. The maximum atomic E-state index is 11.8. The van der Waals surface area contributed by atoms with Gasteiger partial charge in [0.1, 0.15) is 5.01 Å². The molecule has 1 rings (SSSR count). The molecular formula is C11H19N3OS. The van der Waals surface area contributed by atoms with Gasteiger partial charge in [0.05, 0.1) is 12.1 Å². The third-order valence-corrected chi connectivity index (χ3v) is 3.32. The van der Waals surface area contributed by atoms with Crippen LogP contribution < -0.4 is 11.1 Å². The number of nitrogens with zero attached hydrogens (tertiary/aromatic N) is 1. The molecule has 0 radical (unpaired) electrons. The molecule has 1 atom stereocenters. The number of nitrogens with two attached hydrogens (primary N) is 1. The van der Waals surface area contributed by atoms with Crippen molar-refractivity contribution >= 4 is 17.2 Å². The Kier molecular flexibility index (Phi) is 4.44. The van der Waals surface area contributed by atoms with E-state index in [0.717, 1.165) is 17.1 Å². The molecule has 1 heterocycles. The van der Waals surface area contributed by atoms with Crippen LogP contribution in [0.3, 0.4) is 0 Å². The summed E-state index contributed by atoms with van der Waals surface area (Å²) in [6, 6.07) is 0. The smallest absolute Gasteiger partial charge is 0.240 e. The predicted molar refractivity (Wildman–Crippen MR) is 66.2 cm³/mol. The Morgan fingerprint density at radius 2 is 2.38 bits per heavy atom. The Morgan fingerprint density at radius 3 is 2.88 bits per heavy atom. The first kappa shape index (κ1) is 13.1. The zero-order chi connectivity index (χ0) is 12.2. The average Bonchev–Trinajstić information content (AvgIpc) is 2.60. The number of thiazole rings is 1. The van der Waals surface area contributed by atoms with E-state index in [4.69, 9.17) is 5.73 Å². The molecule has 1 aromatic heterocycles. The number of aromatic nitrogens is 1. The zero-order valence-electron chi connectivity index (χ0n) is 10.0. The number of amides is 1. The number of nitrogens with one attached hydrogen (secondary N) is 1. The first-order valence-electron chi connectivity index (χ1n) is 5.44. The van der Waals surface area contributed by atoms with E-state index in [1.54, 1.807) is 18.3 Å². The van der Waals surface area contributed by atoms with Gasteiger partial charge in [0, 0.05) is 11.1 Å². The standard InChI is InChI=1S/C11H19N3OS/c1-4-5-11(3,12)10(15)13-6-9-14-8(2)7-16-9/h7H,4-6,12H2,1-3H3,(H,13,15). The van der Waals surface area contributed by atoms with Crippen molar-refractivity contribution in [3.63, 3.8) is 0 Å². The van der Waals surface area contributed by atoms with Crippen LogP contribution in [-0.4, -0.2) is 16.4 Å². The first-order valence-corrected chi connectivity index (χ1v) is 6.32. The van der Waals surface area contributed by atoms with E-state index in [2.05, 4.69) is 10.3 Å². The van der Waals surface area contributed by atoms with Crippen LogP contribution in [0.4, 0.5) is 0 Å². The summed E-state index contributed by atoms with van der Waals surface area (Å²) in [5.74, 6) is -0.109. The molecule has 3 N–H and O–H groups in total. The summed E-state index contributed by atoms with van der Waals surface area (Å²) in [7, 11) is 0. The van der Waals surface area contributed by atoms with Crippen molar-refractivity contribution in [2.24, 2.45) is 5.73 Å². The van der Waals surface area contributed by atoms with Gasteiger partial charge >= 0.3 is 0 Å². The molecule has 1 amide bonds. The van der Waals surface area contributed by atoms with E-state index in [9.17, 15) is 4.79 Å². The Labute approximate surface area is 100 Å². The SMILES string of the molecule is CCCC(C)(N)C(=O)NCc1nc(C)cs1. The highest BCUT2D eigenvalue weighted by molar-refractivity contribution is 7.09. The van der Waals surface area contributed by atoms with Crippen LogP contribution in [-0.2, 0) is 11.3 Å². The van der Waals surface area contributed by atoms with Gasteiger partial charge < -0.3 is 11.1 Å². The van der Waals surface area contributed by atoms with Crippen molar-refractivity contribution in [1.82, 2.24) is 10.3 Å². The summed E-state index contributed by atoms with van der Waals surface area (Å²) in [6.07, 6.45) is 1.59. The number of carbonyl (C=O) groups excluding carboxylic acids is 1. The van der Waals surface area contributed by atoms with E-state index in [1.807, 2.05) is 19.2 Å². The molecule has 4 nitrogen and oxygen atoms in total. The van der Waals surface area contributed by atoms with E-state index in [-0.39, 0.29) is 5.91 Å². The van der Waals surface area contributed by atoms with Gasteiger partial charge in [0.15, 0.2) is 0 Å². The zero-order valence-corrected chi connectivity index (χ0v) is 10.9. The number of hydrogen-bond donors (Lipinski definition) is 2. The van der Waals surface area contributed by atoms with Gasteiger partial charge in [-0.3, -0.25) is 4.79 Å². The molecule has 16 heavy (non-hydrogen) atoms. The molecule has 0 bridgehead atoms. The summed E-state index contributed by atoms with van der Waals surface area (Å²) >= 11 is 1.55. The van der Waals surface area contributed by atoms with Crippen molar-refractivity contribution in [3.8, 4) is 0 Å². The first-order chi connectivity index (χ1) is 7.45. The van der Waals surface area contributed by atoms with Crippen LogP contribution in [0.1, 0.15) is 37.4 Å². The van der Waals surface area contributed by atoms with Crippen LogP contribution in [0, 0.1) is 6.92 Å². The fourth-order valence-corrected chi connectivity index (χ4v) is 2.19. The average molecular weight is 241 g/mol. The lowest BCUT2D eigenvalue weighted by atomic mass is 9.97. The molecule has 0 aromatic carbocycles. The molecule has 1 aromatic rings. The summed E-state index contributed by atoms with van der Waals surface area (Å²) in [4.78, 5) is 16.0. The Morgan fingerprint density at radius 1 is 1.69 bits per heavy atom. The van der Waals surface area contributed by atoms with Crippen molar-refractivity contribution < 1.29 is 4.79 Å². The highest BCUT2D eigenvalue weighted by Crippen LogP contribution is 2.11. The van der Waals surface area contributed by atoms with Crippen LogP contribution in [0.5, 0.6) is 0 Å². The number of rotatable bonds is 5. The van der Waals surface area contributed by atoms with Crippen molar-refractivity contribution in [2.75, 3.05) is 0 Å². The van der Waals surface area contributed by atoms with Crippen LogP contribution >= 0.6 is 11.3 Å². The van der Waals surface area contributed by atoms with Gasteiger partial charge in [-0.2, -0.15) is 0 Å². The molecule has 0 spiro atoms. The molecular weight excluding hydrogens is 222 g/mol. The van der Waals surface area contributed by atoms with Gasteiger partial charge in [-0.15, -0.1) is 11.3 Å². The topological polar surface area (TPSA) is 68.0 Å². The fraction of sp³-hybridized carbons (Fsp3) is 0.636. The maximum absolute atomic E-state index is 11.8. The lowest BCUT2D eigenvalue weighted by Gasteiger charge is -2.22. The number of aryl methyl sites for hydroxylation is 1. The van der Waals surface area contributed by atoms with Crippen LogP contribution in [0.25, 0.3) is 0 Å². The molecule has 0 aliphatic carbocycles. The second-order valence-corrected chi connectivity index (χ2v) is 5.18. The lowest BCUT2D eigenvalue weighted by molar-refractivity contribution is -0.126. The van der Waals surface area contributed by atoms with Crippen LogP contribution in [0.15, 0.2) is 5.38 Å². The maximum Gasteiger partial charge on any atom is 0.240 e. The van der Waals surface area contributed by atoms with Crippen molar-refractivity contribution in [1.29, 1.82) is 0 Å². The largest absolute Gasteiger partial charge is 0.348 e. The van der Waals surface area contributed by atoms with E-state index >= 15 is 0 Å². The minimum atomic E-state index is -0.777. The van der Waals surface area contributed by atoms with Crippen LogP contribution in [0.2, 0.25) is 0 Å². The van der Waals surface area contributed by atoms with E-state index < -0.39 is 5.54 Å². The summed E-state index contributed by atoms with van der Waals surface area (Å²) < 4.78 is 0. The molecule has 0 fully saturated rings. The molecule has 5 heteroatoms. The summed E-state index contributed by atoms with van der Waals surface area (Å²) in [5.41, 5.74) is 6.12. The van der Waals surface area contributed by atoms with Gasteiger partial charge in [0.25, 0.3) is 0 Å². The molecule has 0 saturated carbocycles. The minimum Gasteiger partial charge on any atom is -0.348 e. The van der Waals surface area contributed by atoms with Crippen molar-refractivity contribution in [2.45, 2.75) is 45.7 Å². The molecule has 0 aliphatic rings. The molecule has 0 aliphatic heterocycles. The fourth-order valence-electron chi connectivity index (χ4n) is 1.47. The third kappa shape index (κ3) is 3.57. The van der Waals surface area contributed by atoms with Gasteiger partial charge in [0.2, 0.25) is 5.91 Å².